The van der Waals surface area contributed by atoms with E-state index in [0.29, 0.717) is 45.7 Å². The Balaban J connectivity index is 2.26. The molecule has 0 aromatic carbocycles. The molecule has 0 unspecified atom stereocenters. The second-order valence-corrected chi connectivity index (χ2v) is 6.76. The molecule has 1 amide bonds. The van der Waals surface area contributed by atoms with E-state index >= 15 is 0 Å². The fourth-order valence-electron chi connectivity index (χ4n) is 2.22. The second-order valence-electron chi connectivity index (χ2n) is 6.19. The summed E-state index contributed by atoms with van der Waals surface area (Å²) in [4.78, 5) is 31.4. The van der Waals surface area contributed by atoms with Gasteiger partial charge < -0.3 is 14.8 Å². The number of aromatic nitrogens is 5. The lowest BCUT2D eigenvalue weighted by atomic mass is 10.2. The first-order valence-corrected chi connectivity index (χ1v) is 8.50. The minimum absolute atomic E-state index is 0.339. The number of aryl methyl sites for hydroxylation is 1. The van der Waals surface area contributed by atoms with Crippen molar-refractivity contribution in [2.24, 2.45) is 7.05 Å². The van der Waals surface area contributed by atoms with Crippen LogP contribution >= 0.6 is 11.6 Å². The van der Waals surface area contributed by atoms with Gasteiger partial charge in [-0.15, -0.1) is 0 Å². The van der Waals surface area contributed by atoms with Crippen molar-refractivity contribution in [2.75, 3.05) is 24.3 Å². The van der Waals surface area contributed by atoms with Gasteiger partial charge in [-0.3, -0.25) is 10.1 Å². The van der Waals surface area contributed by atoms with Crippen LogP contribution in [0.4, 0.5) is 17.8 Å². The van der Waals surface area contributed by atoms with Crippen LogP contribution in [0, 0.1) is 6.92 Å². The number of carbonyl (C=O) groups is 1. The molecule has 0 radical (unpaired) electrons. The van der Waals surface area contributed by atoms with Crippen molar-refractivity contribution in [3.63, 3.8) is 0 Å². The van der Waals surface area contributed by atoms with Crippen molar-refractivity contribution in [1.29, 1.82) is 0 Å². The van der Waals surface area contributed by atoms with Crippen LogP contribution in [-0.4, -0.2) is 44.5 Å². The molecule has 0 bridgehead atoms. The molecule has 2 rings (SSSR count). The average molecular weight is 391 g/mol. The molecule has 0 aliphatic carbocycles. The summed E-state index contributed by atoms with van der Waals surface area (Å²) in [5, 5.41) is 6.22. The second kappa shape index (κ2) is 8.17. The molecular formula is C17H23ClN8O. The molecule has 2 aromatic heterocycles. The Hall–Kier alpha value is -2.94. The molecule has 10 heteroatoms. The summed E-state index contributed by atoms with van der Waals surface area (Å²) in [5.41, 5.74) is 1.49. The normalized spacial score (nSPS) is 11.7. The first-order chi connectivity index (χ1) is 12.6. The molecule has 2 N–H and O–H groups in total. The Labute approximate surface area is 163 Å². The molecule has 0 aliphatic heterocycles. The first kappa shape index (κ1) is 20.4. The van der Waals surface area contributed by atoms with Crippen LogP contribution in [0.15, 0.2) is 29.1 Å². The quantitative estimate of drug-likeness (QED) is 0.730. The summed E-state index contributed by atoms with van der Waals surface area (Å²) < 4.78 is 1.60. The Bertz CT molecular complexity index is 912. The van der Waals surface area contributed by atoms with Crippen molar-refractivity contribution in [1.82, 2.24) is 29.8 Å². The van der Waals surface area contributed by atoms with E-state index in [2.05, 4.69) is 37.1 Å². The van der Waals surface area contributed by atoms with Gasteiger partial charge in [0, 0.05) is 26.2 Å². The third kappa shape index (κ3) is 4.82. The number of nitrogens with one attached hydrogen (secondary N) is 2. The minimum atomic E-state index is -0.350. The van der Waals surface area contributed by atoms with E-state index in [1.54, 1.807) is 37.3 Å². The highest BCUT2D eigenvalue weighted by molar-refractivity contribution is 6.30. The number of amides is 1. The Morgan fingerprint density at radius 1 is 1.26 bits per heavy atom. The Kier molecular flexibility index (Phi) is 6.17. The van der Waals surface area contributed by atoms with E-state index in [4.69, 9.17) is 11.6 Å². The summed E-state index contributed by atoms with van der Waals surface area (Å²) in [5.74, 6) is 1.49. The number of halogens is 1. The van der Waals surface area contributed by atoms with Gasteiger partial charge >= 0.3 is 0 Å². The van der Waals surface area contributed by atoms with Gasteiger partial charge in [0.1, 0.15) is 11.5 Å². The molecule has 9 nitrogen and oxygen atoms in total. The van der Waals surface area contributed by atoms with Crippen LogP contribution in [-0.2, 0) is 7.05 Å². The molecule has 0 saturated heterocycles. The van der Waals surface area contributed by atoms with E-state index in [9.17, 15) is 4.79 Å². The summed E-state index contributed by atoms with van der Waals surface area (Å²) in [6.07, 6.45) is 1.46. The average Bonchev–Trinajstić information content (AvgIpc) is 2.92. The smallest absolute Gasteiger partial charge is 0.274 e. The van der Waals surface area contributed by atoms with E-state index < -0.39 is 0 Å². The molecule has 0 fully saturated rings. The first-order valence-electron chi connectivity index (χ1n) is 8.12. The Morgan fingerprint density at radius 2 is 1.93 bits per heavy atom. The maximum Gasteiger partial charge on any atom is 0.274 e. The van der Waals surface area contributed by atoms with Crippen LogP contribution in [0.5, 0.6) is 0 Å². The largest absolute Gasteiger partial charge is 0.347 e. The molecule has 0 atom stereocenters. The van der Waals surface area contributed by atoms with Crippen molar-refractivity contribution in [3.8, 4) is 0 Å². The van der Waals surface area contributed by atoms with Crippen molar-refractivity contribution in [3.05, 3.63) is 40.6 Å². The van der Waals surface area contributed by atoms with Gasteiger partial charge in [-0.05, 0) is 26.3 Å². The zero-order valence-corrected chi connectivity index (χ0v) is 17.0. The number of nitrogens with zero attached hydrogens (tertiary/aromatic N) is 6. The van der Waals surface area contributed by atoms with Crippen molar-refractivity contribution in [2.45, 2.75) is 20.8 Å². The lowest BCUT2D eigenvalue weighted by Crippen LogP contribution is -2.26. The van der Waals surface area contributed by atoms with Gasteiger partial charge in [0.05, 0.1) is 11.9 Å². The third-order valence-corrected chi connectivity index (χ3v) is 3.78. The molecule has 2 aromatic rings. The summed E-state index contributed by atoms with van der Waals surface area (Å²) in [7, 11) is 5.39. The molecular weight excluding hydrogens is 368 g/mol. The van der Waals surface area contributed by atoms with E-state index in [0.717, 1.165) is 0 Å². The van der Waals surface area contributed by atoms with Crippen molar-refractivity contribution < 1.29 is 4.79 Å². The van der Waals surface area contributed by atoms with Gasteiger partial charge in [0.2, 0.25) is 17.8 Å². The zero-order valence-electron chi connectivity index (χ0n) is 16.3. The Morgan fingerprint density at radius 3 is 2.48 bits per heavy atom. The fraction of sp³-hybridized carbons (Fsp3) is 0.353. The van der Waals surface area contributed by atoms with Crippen LogP contribution in [0.1, 0.15) is 30.2 Å². The standard InChI is InChI=1S/C17H23ClN8O/c1-9(2)13(10(3)18)22-14(27)12-8-19-16(26(12)7)23-15-20-11(4)21-17(24-15)25(5)6/h8H,1H2,2-7H3,(H,22,27)(H,19,20,21,23,24). The summed E-state index contributed by atoms with van der Waals surface area (Å²) >= 11 is 6.02. The lowest BCUT2D eigenvalue weighted by Gasteiger charge is -2.13. The molecule has 27 heavy (non-hydrogen) atoms. The molecule has 144 valence electrons. The SMILES string of the molecule is C=C(C)C(NC(=O)c1cnc(Nc2nc(C)nc(N(C)C)n2)n1C)=C(C)Cl. The molecule has 0 aliphatic rings. The highest BCUT2D eigenvalue weighted by Gasteiger charge is 2.17. The van der Waals surface area contributed by atoms with E-state index in [-0.39, 0.29) is 5.91 Å². The highest BCUT2D eigenvalue weighted by Crippen LogP contribution is 2.17. The van der Waals surface area contributed by atoms with Crippen LogP contribution in [0.3, 0.4) is 0 Å². The molecule has 2 heterocycles. The monoisotopic (exact) mass is 390 g/mol. The topological polar surface area (TPSA) is 101 Å². The predicted molar refractivity (Wildman–Crippen MR) is 106 cm³/mol. The van der Waals surface area contributed by atoms with E-state index in [1.807, 2.05) is 14.1 Å². The number of allylic oxidation sites excluding steroid dienone is 2. The maximum absolute atomic E-state index is 12.6. The summed E-state index contributed by atoms with van der Waals surface area (Å²) in [6, 6.07) is 0. The number of hydrogen-bond acceptors (Lipinski definition) is 7. The van der Waals surface area contributed by atoms with Crippen LogP contribution in [0.25, 0.3) is 0 Å². The highest BCUT2D eigenvalue weighted by atomic mass is 35.5. The van der Waals surface area contributed by atoms with E-state index in [1.165, 1.54) is 6.20 Å². The lowest BCUT2D eigenvalue weighted by molar-refractivity contribution is 0.0958. The maximum atomic E-state index is 12.6. The summed E-state index contributed by atoms with van der Waals surface area (Å²) in [6.45, 7) is 9.05. The number of carbonyl (C=O) groups excluding carboxylic acids is 1. The molecule has 0 spiro atoms. The predicted octanol–water partition coefficient (Wildman–Crippen LogP) is 2.50. The van der Waals surface area contributed by atoms with Crippen LogP contribution in [0.2, 0.25) is 0 Å². The number of hydrogen-bond donors (Lipinski definition) is 2. The number of rotatable bonds is 6. The third-order valence-electron chi connectivity index (χ3n) is 3.59. The number of imidazole rings is 1. The minimum Gasteiger partial charge on any atom is -0.347 e. The molecule has 0 saturated carbocycles. The fourth-order valence-corrected chi connectivity index (χ4v) is 2.43. The van der Waals surface area contributed by atoms with Gasteiger partial charge in [-0.2, -0.15) is 15.0 Å². The van der Waals surface area contributed by atoms with Crippen molar-refractivity contribution >= 4 is 35.4 Å². The van der Waals surface area contributed by atoms with Gasteiger partial charge in [0.15, 0.2) is 0 Å². The number of anilines is 3. The van der Waals surface area contributed by atoms with Crippen LogP contribution < -0.4 is 15.5 Å². The zero-order chi connectivity index (χ0) is 20.3. The van der Waals surface area contributed by atoms with Gasteiger partial charge in [0.25, 0.3) is 5.91 Å². The van der Waals surface area contributed by atoms with Gasteiger partial charge in [-0.25, -0.2) is 4.98 Å². The van der Waals surface area contributed by atoms with Gasteiger partial charge in [-0.1, -0.05) is 18.2 Å².